The van der Waals surface area contributed by atoms with E-state index in [1.165, 1.54) is 11.0 Å². The van der Waals surface area contributed by atoms with Crippen molar-refractivity contribution in [1.29, 1.82) is 0 Å². The fourth-order valence-electron chi connectivity index (χ4n) is 3.37. The molecule has 0 unspecified atom stereocenters. The number of aliphatic hydroxyl groups is 1. The second-order valence-electron chi connectivity index (χ2n) is 6.52. The fraction of sp³-hybridized carbons (Fsp3) is 0.562. The van der Waals surface area contributed by atoms with Gasteiger partial charge in [0.15, 0.2) is 0 Å². The maximum Gasteiger partial charge on any atom is 0.416 e. The van der Waals surface area contributed by atoms with E-state index in [2.05, 4.69) is 15.9 Å². The second kappa shape index (κ2) is 5.91. The Hall–Kier alpha value is -1.28. The molecule has 3 rings (SSSR count). The number of hydrogen-bond donors (Lipinski definition) is 1. The van der Waals surface area contributed by atoms with Crippen molar-refractivity contribution in [3.05, 3.63) is 28.8 Å². The lowest BCUT2D eigenvalue weighted by Gasteiger charge is -2.45. The fourth-order valence-corrected chi connectivity index (χ4v) is 3.53. The third-order valence-electron chi connectivity index (χ3n) is 4.49. The Labute approximate surface area is 145 Å². The van der Waals surface area contributed by atoms with Gasteiger partial charge in [-0.2, -0.15) is 13.2 Å². The summed E-state index contributed by atoms with van der Waals surface area (Å²) in [4.78, 5) is 14.0. The van der Waals surface area contributed by atoms with Crippen LogP contribution in [0.25, 0.3) is 0 Å². The van der Waals surface area contributed by atoms with Crippen LogP contribution in [-0.2, 0) is 12.7 Å². The molecule has 0 atom stereocenters. The van der Waals surface area contributed by atoms with Gasteiger partial charge in [-0.05, 0) is 37.5 Å². The van der Waals surface area contributed by atoms with Gasteiger partial charge in [0.05, 0.1) is 17.8 Å². The molecular weight excluding hydrogens is 391 g/mol. The number of carbonyl (C=O) groups is 1. The van der Waals surface area contributed by atoms with Gasteiger partial charge < -0.3 is 14.7 Å². The van der Waals surface area contributed by atoms with Crippen molar-refractivity contribution in [3.8, 4) is 5.75 Å². The number of halogens is 4. The molecule has 0 bridgehead atoms. The summed E-state index contributed by atoms with van der Waals surface area (Å²) in [5, 5.41) is 10.3. The standard InChI is InChI=1S/C16H17BrF3NO3/c1-15(23)6-9(7-15)21-8-12-11(14(21)22)4-10(24-3-2-17)5-13(12)16(18,19)20/h4-5,9,23H,2-3,6-8H2,1H3. The molecule has 1 aliphatic carbocycles. The van der Waals surface area contributed by atoms with Crippen LogP contribution < -0.4 is 4.74 Å². The minimum atomic E-state index is -4.56. The number of hydrogen-bond acceptors (Lipinski definition) is 3. The summed E-state index contributed by atoms with van der Waals surface area (Å²) in [5.74, 6) is -0.392. The van der Waals surface area contributed by atoms with Crippen LogP contribution in [0.2, 0.25) is 0 Å². The highest BCUT2D eigenvalue weighted by Crippen LogP contribution is 2.43. The van der Waals surface area contributed by atoms with E-state index < -0.39 is 23.2 Å². The van der Waals surface area contributed by atoms with E-state index in [0.29, 0.717) is 18.2 Å². The molecule has 1 aliphatic heterocycles. The van der Waals surface area contributed by atoms with Crippen molar-refractivity contribution in [2.75, 3.05) is 11.9 Å². The Balaban J connectivity index is 1.94. The number of benzene rings is 1. The average Bonchev–Trinajstić information content (AvgIpc) is 2.78. The first-order valence-corrected chi connectivity index (χ1v) is 8.71. The number of rotatable bonds is 4. The molecule has 0 spiro atoms. The zero-order valence-electron chi connectivity index (χ0n) is 13.0. The third-order valence-corrected chi connectivity index (χ3v) is 4.81. The Bertz CT molecular complexity index is 667. The van der Waals surface area contributed by atoms with Gasteiger partial charge in [-0.3, -0.25) is 4.79 Å². The molecule has 0 aromatic heterocycles. The van der Waals surface area contributed by atoms with Crippen LogP contribution in [-0.4, -0.2) is 39.5 Å². The molecular formula is C16H17BrF3NO3. The molecule has 8 heteroatoms. The van der Waals surface area contributed by atoms with Gasteiger partial charge in [-0.1, -0.05) is 15.9 Å². The molecule has 1 aromatic rings. The number of fused-ring (bicyclic) bond motifs is 1. The average molecular weight is 408 g/mol. The Morgan fingerprint density at radius 3 is 2.62 bits per heavy atom. The summed E-state index contributed by atoms with van der Waals surface area (Å²) in [6.07, 6.45) is -3.80. The molecule has 1 heterocycles. The molecule has 132 valence electrons. The quantitative estimate of drug-likeness (QED) is 0.778. The van der Waals surface area contributed by atoms with Gasteiger partial charge in [0.1, 0.15) is 5.75 Å². The molecule has 1 amide bonds. The van der Waals surface area contributed by atoms with E-state index in [-0.39, 0.29) is 36.1 Å². The maximum absolute atomic E-state index is 13.4. The lowest BCUT2D eigenvalue weighted by atomic mass is 9.76. The van der Waals surface area contributed by atoms with Crippen molar-refractivity contribution in [1.82, 2.24) is 4.90 Å². The molecule has 1 fully saturated rings. The van der Waals surface area contributed by atoms with Crippen LogP contribution in [0.1, 0.15) is 41.3 Å². The van der Waals surface area contributed by atoms with Gasteiger partial charge in [-0.25, -0.2) is 0 Å². The molecule has 0 saturated heterocycles. The first kappa shape index (κ1) is 17.5. The van der Waals surface area contributed by atoms with Crippen molar-refractivity contribution < 1.29 is 27.8 Å². The number of ether oxygens (including phenoxy) is 1. The summed E-state index contributed by atoms with van der Waals surface area (Å²) in [6.45, 7) is 1.78. The SMILES string of the molecule is CC1(O)CC(N2Cc3c(cc(OCCBr)cc3C(F)(F)F)C2=O)C1. The van der Waals surface area contributed by atoms with E-state index in [1.54, 1.807) is 6.92 Å². The first-order valence-electron chi connectivity index (χ1n) is 7.58. The second-order valence-corrected chi connectivity index (χ2v) is 7.32. The number of amides is 1. The summed E-state index contributed by atoms with van der Waals surface area (Å²) in [5.41, 5.74) is -1.64. The summed E-state index contributed by atoms with van der Waals surface area (Å²) < 4.78 is 45.4. The van der Waals surface area contributed by atoms with Gasteiger partial charge >= 0.3 is 6.18 Å². The molecule has 24 heavy (non-hydrogen) atoms. The summed E-state index contributed by atoms with van der Waals surface area (Å²) in [6, 6.07) is 2.11. The molecule has 1 aromatic carbocycles. The van der Waals surface area contributed by atoms with Crippen molar-refractivity contribution in [2.45, 2.75) is 44.1 Å². The zero-order valence-corrected chi connectivity index (χ0v) is 14.6. The largest absolute Gasteiger partial charge is 0.493 e. The van der Waals surface area contributed by atoms with Gasteiger partial charge in [0.2, 0.25) is 0 Å². The highest BCUT2D eigenvalue weighted by atomic mass is 79.9. The van der Waals surface area contributed by atoms with Crippen LogP contribution in [0.15, 0.2) is 12.1 Å². The van der Waals surface area contributed by atoms with Crippen molar-refractivity contribution in [3.63, 3.8) is 0 Å². The lowest BCUT2D eigenvalue weighted by molar-refractivity contribution is -0.138. The van der Waals surface area contributed by atoms with Gasteiger partial charge in [0, 0.05) is 23.5 Å². The minimum absolute atomic E-state index is 0.00904. The van der Waals surface area contributed by atoms with Crippen molar-refractivity contribution in [2.24, 2.45) is 0 Å². The zero-order chi connectivity index (χ0) is 17.7. The van der Waals surface area contributed by atoms with Crippen LogP contribution in [0.3, 0.4) is 0 Å². The smallest absolute Gasteiger partial charge is 0.416 e. The molecule has 2 aliphatic rings. The molecule has 4 nitrogen and oxygen atoms in total. The van der Waals surface area contributed by atoms with E-state index in [1.807, 2.05) is 0 Å². The van der Waals surface area contributed by atoms with E-state index in [4.69, 9.17) is 4.74 Å². The first-order chi connectivity index (χ1) is 11.1. The van der Waals surface area contributed by atoms with E-state index in [0.717, 1.165) is 6.07 Å². The van der Waals surface area contributed by atoms with Crippen LogP contribution in [0.5, 0.6) is 5.75 Å². The van der Waals surface area contributed by atoms with E-state index in [9.17, 15) is 23.1 Å². The van der Waals surface area contributed by atoms with Crippen LogP contribution >= 0.6 is 15.9 Å². The highest BCUT2D eigenvalue weighted by Gasteiger charge is 2.48. The third kappa shape index (κ3) is 3.13. The topological polar surface area (TPSA) is 49.8 Å². The summed E-state index contributed by atoms with van der Waals surface area (Å²) >= 11 is 3.15. The van der Waals surface area contributed by atoms with E-state index >= 15 is 0 Å². The maximum atomic E-state index is 13.4. The molecule has 1 N–H and O–H groups in total. The Kier molecular flexibility index (Phi) is 4.32. The molecule has 0 radical (unpaired) electrons. The summed E-state index contributed by atoms with van der Waals surface area (Å²) in [7, 11) is 0. The minimum Gasteiger partial charge on any atom is -0.493 e. The van der Waals surface area contributed by atoms with Gasteiger partial charge in [0.25, 0.3) is 5.91 Å². The normalized spacial score (nSPS) is 26.3. The lowest BCUT2D eigenvalue weighted by Crippen LogP contribution is -2.53. The van der Waals surface area contributed by atoms with Crippen LogP contribution in [0.4, 0.5) is 13.2 Å². The number of alkyl halides is 4. The highest BCUT2D eigenvalue weighted by molar-refractivity contribution is 9.09. The van der Waals surface area contributed by atoms with Crippen LogP contribution in [0, 0.1) is 0 Å². The number of carbonyl (C=O) groups excluding carboxylic acids is 1. The predicted octanol–water partition coefficient (Wildman–Crippen LogP) is 3.35. The number of nitrogens with zero attached hydrogens (tertiary/aromatic N) is 1. The Morgan fingerprint density at radius 2 is 2.08 bits per heavy atom. The monoisotopic (exact) mass is 407 g/mol. The van der Waals surface area contributed by atoms with Gasteiger partial charge in [-0.15, -0.1) is 0 Å². The Morgan fingerprint density at radius 1 is 1.42 bits per heavy atom. The molecule has 1 saturated carbocycles. The van der Waals surface area contributed by atoms with Crippen molar-refractivity contribution >= 4 is 21.8 Å². The predicted molar refractivity (Wildman–Crippen MR) is 84.3 cm³/mol.